The van der Waals surface area contributed by atoms with Gasteiger partial charge in [-0.3, -0.25) is 4.79 Å². The molecule has 0 aliphatic carbocycles. The Kier molecular flexibility index (Phi) is 6.94. The number of anilines is 1. The lowest BCUT2D eigenvalue weighted by Gasteiger charge is -2.22. The lowest BCUT2D eigenvalue weighted by atomic mass is 10.1. The molecule has 1 aliphatic heterocycles. The van der Waals surface area contributed by atoms with Crippen LogP contribution in [-0.4, -0.2) is 59.3 Å². The fraction of sp³-hybridized carbons (Fsp3) is 0.333. The maximum Gasteiger partial charge on any atom is 0.418 e. The van der Waals surface area contributed by atoms with E-state index in [9.17, 15) is 31.9 Å². The highest BCUT2D eigenvalue weighted by Gasteiger charge is 2.40. The number of methoxy groups -OCH3 is 2. The number of halogens is 5. The molecule has 0 bridgehead atoms. The Hall–Kier alpha value is -4.13. The van der Waals surface area contributed by atoms with Gasteiger partial charge in [0, 0.05) is 48.4 Å². The largest absolute Gasteiger partial charge is 0.497 e. The van der Waals surface area contributed by atoms with E-state index in [2.05, 4.69) is 5.10 Å². The van der Waals surface area contributed by atoms with Crippen molar-refractivity contribution in [2.75, 3.05) is 38.8 Å². The third kappa shape index (κ3) is 4.96. The van der Waals surface area contributed by atoms with E-state index in [1.807, 2.05) is 0 Å². The molecular formula is C27H25F5N4O4. The van der Waals surface area contributed by atoms with Crippen LogP contribution in [0.3, 0.4) is 0 Å². The Morgan fingerprint density at radius 1 is 1.05 bits per heavy atom. The Morgan fingerprint density at radius 3 is 2.33 bits per heavy atom. The van der Waals surface area contributed by atoms with Crippen molar-refractivity contribution in [3.05, 3.63) is 64.6 Å². The number of fused-ring (bicyclic) bond motifs is 1. The molecule has 0 saturated carbocycles. The molecule has 1 saturated heterocycles. The van der Waals surface area contributed by atoms with Crippen LogP contribution in [-0.2, 0) is 12.7 Å². The van der Waals surface area contributed by atoms with Gasteiger partial charge in [0.25, 0.3) is 11.5 Å². The van der Waals surface area contributed by atoms with Crippen LogP contribution in [0.5, 0.6) is 11.5 Å². The number of aromatic nitrogens is 3. The zero-order valence-corrected chi connectivity index (χ0v) is 21.5. The van der Waals surface area contributed by atoms with Crippen LogP contribution in [0.4, 0.5) is 27.6 Å². The normalized spacial score (nSPS) is 15.2. The Labute approximate surface area is 224 Å². The van der Waals surface area contributed by atoms with Gasteiger partial charge < -0.3 is 24.0 Å². The molecule has 3 heterocycles. The molecule has 1 aliphatic rings. The van der Waals surface area contributed by atoms with E-state index in [0.717, 1.165) is 18.2 Å². The predicted molar refractivity (Wildman–Crippen MR) is 138 cm³/mol. The quantitative estimate of drug-likeness (QED) is 0.327. The summed E-state index contributed by atoms with van der Waals surface area (Å²) in [7, 11) is 2.87. The number of nitrogens with zero attached hydrogens (tertiary/aromatic N) is 4. The third-order valence-corrected chi connectivity index (χ3v) is 6.83. The fourth-order valence-corrected chi connectivity index (χ4v) is 4.90. The average molecular weight is 565 g/mol. The van der Waals surface area contributed by atoms with Crippen LogP contribution in [0.1, 0.15) is 12.0 Å². The van der Waals surface area contributed by atoms with Crippen molar-refractivity contribution >= 4 is 16.6 Å². The summed E-state index contributed by atoms with van der Waals surface area (Å²) in [5.74, 6) is -2.23. The van der Waals surface area contributed by atoms with Gasteiger partial charge in [-0.2, -0.15) is 23.0 Å². The summed E-state index contributed by atoms with van der Waals surface area (Å²) < 4.78 is 83.3. The van der Waals surface area contributed by atoms with Gasteiger partial charge in [0.05, 0.1) is 38.6 Å². The van der Waals surface area contributed by atoms with Crippen LogP contribution >= 0.6 is 0 Å². The molecule has 0 radical (unpaired) electrons. The molecule has 2 aromatic heterocycles. The highest BCUT2D eigenvalue weighted by molar-refractivity contribution is 5.93. The SMILES string of the molecule is COc1cc(OC)cc(-c2nn(-c3cc(N4CCC(F)(F)C4)ccc3C(F)(F)F)c(=O)c3c2ccn3CCO)c1. The lowest BCUT2D eigenvalue weighted by Crippen LogP contribution is -2.28. The zero-order chi connectivity index (χ0) is 28.8. The summed E-state index contributed by atoms with van der Waals surface area (Å²) in [6.45, 7) is -1.06. The zero-order valence-electron chi connectivity index (χ0n) is 21.5. The van der Waals surface area contributed by atoms with E-state index in [-0.39, 0.29) is 36.6 Å². The Bertz CT molecular complexity index is 1610. The van der Waals surface area contributed by atoms with Crippen LogP contribution < -0.4 is 19.9 Å². The predicted octanol–water partition coefficient (Wildman–Crippen LogP) is 4.73. The number of hydrogen-bond acceptors (Lipinski definition) is 6. The van der Waals surface area contributed by atoms with E-state index in [1.165, 1.54) is 29.9 Å². The summed E-state index contributed by atoms with van der Waals surface area (Å²) in [5, 5.41) is 14.3. The van der Waals surface area contributed by atoms with Gasteiger partial charge in [-0.1, -0.05) is 0 Å². The molecule has 5 rings (SSSR count). The van der Waals surface area contributed by atoms with Gasteiger partial charge in [-0.25, -0.2) is 8.78 Å². The number of alkyl halides is 5. The molecule has 40 heavy (non-hydrogen) atoms. The molecule has 2 aromatic carbocycles. The summed E-state index contributed by atoms with van der Waals surface area (Å²) in [4.78, 5) is 15.1. The van der Waals surface area contributed by atoms with Gasteiger partial charge in [0.1, 0.15) is 22.7 Å². The fourth-order valence-electron chi connectivity index (χ4n) is 4.90. The lowest BCUT2D eigenvalue weighted by molar-refractivity contribution is -0.137. The molecule has 8 nitrogen and oxygen atoms in total. The van der Waals surface area contributed by atoms with E-state index < -0.39 is 41.9 Å². The first kappa shape index (κ1) is 27.4. The van der Waals surface area contributed by atoms with Crippen molar-refractivity contribution in [3.8, 4) is 28.4 Å². The number of rotatable bonds is 7. The molecule has 212 valence electrons. The summed E-state index contributed by atoms with van der Waals surface area (Å²) in [5.41, 5.74) is -2.00. The maximum atomic E-state index is 14.2. The molecule has 4 aromatic rings. The topological polar surface area (TPSA) is 81.8 Å². The van der Waals surface area contributed by atoms with E-state index in [1.54, 1.807) is 24.3 Å². The molecule has 1 fully saturated rings. The van der Waals surface area contributed by atoms with Crippen molar-refractivity contribution in [2.45, 2.75) is 25.1 Å². The molecule has 0 unspecified atom stereocenters. The van der Waals surface area contributed by atoms with Crippen LogP contribution in [0.15, 0.2) is 53.5 Å². The molecule has 0 spiro atoms. The number of ether oxygens (including phenoxy) is 2. The first-order chi connectivity index (χ1) is 19.0. The Morgan fingerprint density at radius 2 is 1.75 bits per heavy atom. The minimum atomic E-state index is -4.88. The van der Waals surface area contributed by atoms with Gasteiger partial charge in [-0.05, 0) is 36.4 Å². The van der Waals surface area contributed by atoms with Gasteiger partial charge in [-0.15, -0.1) is 0 Å². The van der Waals surface area contributed by atoms with Crippen molar-refractivity contribution in [1.29, 1.82) is 0 Å². The third-order valence-electron chi connectivity index (χ3n) is 6.83. The second-order valence-corrected chi connectivity index (χ2v) is 9.39. The van der Waals surface area contributed by atoms with Crippen LogP contribution in [0.25, 0.3) is 27.8 Å². The van der Waals surface area contributed by atoms with E-state index in [0.29, 0.717) is 27.1 Å². The smallest absolute Gasteiger partial charge is 0.418 e. The first-order valence-corrected chi connectivity index (χ1v) is 12.3. The molecular weight excluding hydrogens is 539 g/mol. The molecule has 0 amide bonds. The monoisotopic (exact) mass is 564 g/mol. The molecule has 0 atom stereocenters. The highest BCUT2D eigenvalue weighted by Crippen LogP contribution is 2.39. The van der Waals surface area contributed by atoms with Crippen LogP contribution in [0.2, 0.25) is 0 Å². The minimum absolute atomic E-state index is 0.00134. The molecule has 13 heteroatoms. The first-order valence-electron chi connectivity index (χ1n) is 12.3. The standard InChI is InChI=1S/C27H25F5N4O4/c1-39-18-11-16(12-19(14-18)40-2)23-20-5-7-34(9-10-37)24(20)25(38)36(33-23)22-13-17(3-4-21(22)27(30,31)32)35-8-6-26(28,29)15-35/h3-5,7,11-14,37H,6,8-10,15H2,1-2H3. The van der Waals surface area contributed by atoms with Crippen molar-refractivity contribution in [2.24, 2.45) is 0 Å². The summed E-state index contributed by atoms with van der Waals surface area (Å²) in [6, 6.07) is 9.30. The average Bonchev–Trinajstić information content (AvgIpc) is 3.51. The van der Waals surface area contributed by atoms with Gasteiger partial charge in [0.15, 0.2) is 0 Å². The van der Waals surface area contributed by atoms with Crippen molar-refractivity contribution in [1.82, 2.24) is 14.3 Å². The summed E-state index contributed by atoms with van der Waals surface area (Å²) in [6.07, 6.45) is -3.79. The van der Waals surface area contributed by atoms with E-state index >= 15 is 0 Å². The van der Waals surface area contributed by atoms with E-state index in [4.69, 9.17) is 9.47 Å². The number of hydrogen-bond donors (Lipinski definition) is 1. The van der Waals surface area contributed by atoms with Crippen molar-refractivity contribution < 1.29 is 36.5 Å². The highest BCUT2D eigenvalue weighted by atomic mass is 19.4. The maximum absolute atomic E-state index is 14.2. The second kappa shape index (κ2) is 10.1. The van der Waals surface area contributed by atoms with Crippen molar-refractivity contribution in [3.63, 3.8) is 0 Å². The number of aliphatic hydroxyl groups excluding tert-OH is 1. The number of aliphatic hydroxyl groups is 1. The van der Waals surface area contributed by atoms with Gasteiger partial charge in [0.2, 0.25) is 0 Å². The summed E-state index contributed by atoms with van der Waals surface area (Å²) >= 11 is 0. The van der Waals surface area contributed by atoms with Crippen LogP contribution in [0, 0.1) is 0 Å². The van der Waals surface area contributed by atoms with Gasteiger partial charge >= 0.3 is 6.18 Å². The minimum Gasteiger partial charge on any atom is -0.497 e. The number of benzene rings is 2. The second-order valence-electron chi connectivity index (χ2n) is 9.39. The molecule has 1 N–H and O–H groups in total. The Balaban J connectivity index is 1.82.